The van der Waals surface area contributed by atoms with Gasteiger partial charge in [-0.05, 0) is 25.0 Å². The van der Waals surface area contributed by atoms with Crippen LogP contribution in [0.15, 0.2) is 17.1 Å². The van der Waals surface area contributed by atoms with Crippen molar-refractivity contribution in [1.82, 2.24) is 9.97 Å². The molecule has 4 rings (SSSR count). The van der Waals surface area contributed by atoms with Crippen molar-refractivity contribution in [1.29, 1.82) is 0 Å². The van der Waals surface area contributed by atoms with Gasteiger partial charge < -0.3 is 19.2 Å². The molecule has 1 fully saturated rings. The second-order valence-electron chi connectivity index (χ2n) is 6.76. The first kappa shape index (κ1) is 19.5. The van der Waals surface area contributed by atoms with Crippen LogP contribution in [0.3, 0.4) is 0 Å². The monoisotopic (exact) mass is 411 g/mol. The molecular weight excluding hydrogens is 394 g/mol. The molecule has 2 aliphatic carbocycles. The van der Waals surface area contributed by atoms with Crippen molar-refractivity contribution in [2.24, 2.45) is 4.99 Å². The summed E-state index contributed by atoms with van der Waals surface area (Å²) < 4.78 is 14.3. The molecule has 2 aliphatic rings. The summed E-state index contributed by atoms with van der Waals surface area (Å²) in [5.41, 5.74) is 0.498. The molecule has 1 N–H and O–H groups in total. The van der Waals surface area contributed by atoms with Crippen molar-refractivity contribution in [3.8, 4) is 11.3 Å². The van der Waals surface area contributed by atoms with Gasteiger partial charge in [-0.1, -0.05) is 0 Å². The topological polar surface area (TPSA) is 137 Å². The molecule has 10 heteroatoms. The Balaban J connectivity index is 2.06. The molecule has 2 aromatic rings. The van der Waals surface area contributed by atoms with Gasteiger partial charge in [-0.15, -0.1) is 0 Å². The van der Waals surface area contributed by atoms with Crippen molar-refractivity contribution < 1.29 is 33.4 Å². The molecule has 2 heterocycles. The Morgan fingerprint density at radius 3 is 2.30 bits per heavy atom. The maximum Gasteiger partial charge on any atom is 0.356 e. The number of fused-ring (bicyclic) bond motifs is 3. The lowest BCUT2D eigenvalue weighted by molar-refractivity contribution is 0.0583. The number of rotatable bonds is 4. The van der Waals surface area contributed by atoms with E-state index in [1.807, 2.05) is 0 Å². The minimum Gasteiger partial charge on any atom is -0.465 e. The maximum atomic E-state index is 13.2. The fourth-order valence-corrected chi connectivity index (χ4v) is 3.24. The van der Waals surface area contributed by atoms with Gasteiger partial charge in [0.2, 0.25) is 5.78 Å². The number of nitrogens with one attached hydrogen (secondary N) is 1. The lowest BCUT2D eigenvalue weighted by atomic mass is 9.87. The minimum atomic E-state index is -0.784. The van der Waals surface area contributed by atoms with Crippen LogP contribution in [0.2, 0.25) is 0 Å². The number of H-pyrrole nitrogens is 1. The summed E-state index contributed by atoms with van der Waals surface area (Å²) in [4.78, 5) is 61.5. The molecule has 0 bridgehead atoms. The van der Waals surface area contributed by atoms with Crippen molar-refractivity contribution in [3.63, 3.8) is 0 Å². The highest BCUT2D eigenvalue weighted by Crippen LogP contribution is 2.38. The Bertz CT molecular complexity index is 1140. The quantitative estimate of drug-likeness (QED) is 0.591. The number of nitrogens with zero attached hydrogens (tertiary/aromatic N) is 2. The number of ether oxygens (including phenoxy) is 3. The number of carbonyl (C=O) groups excluding carboxylic acids is 4. The first-order valence-corrected chi connectivity index (χ1v) is 9.05. The zero-order valence-electron chi connectivity index (χ0n) is 16.4. The number of hydrogen-bond acceptors (Lipinski definition) is 9. The van der Waals surface area contributed by atoms with E-state index in [1.54, 1.807) is 0 Å². The number of hydrogen-bond donors (Lipinski definition) is 1. The number of ketones is 1. The van der Waals surface area contributed by atoms with E-state index in [4.69, 9.17) is 14.2 Å². The van der Waals surface area contributed by atoms with Crippen LogP contribution in [0, 0.1) is 0 Å². The van der Waals surface area contributed by atoms with Crippen LogP contribution >= 0.6 is 0 Å². The van der Waals surface area contributed by atoms with Gasteiger partial charge in [-0.3, -0.25) is 9.79 Å². The van der Waals surface area contributed by atoms with Crippen molar-refractivity contribution in [2.45, 2.75) is 18.9 Å². The smallest absolute Gasteiger partial charge is 0.356 e. The standard InChI is InChI=1S/C20H17N3O7/c1-28-18(25)9-6-11(19(26)29-2)23-15-13(9)14-10(7-12(22-14)20(27)30-3)17(24)16(15)21-8-4-5-8/h6-8,22H,4-5H2,1-3H3. The summed E-state index contributed by atoms with van der Waals surface area (Å²) in [6.45, 7) is 0. The molecule has 30 heavy (non-hydrogen) atoms. The Hall–Kier alpha value is -3.82. The lowest BCUT2D eigenvalue weighted by Gasteiger charge is -2.20. The zero-order valence-corrected chi connectivity index (χ0v) is 16.4. The molecule has 1 saturated carbocycles. The second kappa shape index (κ2) is 7.21. The number of aromatic amines is 1. The zero-order chi connectivity index (χ0) is 21.6. The Morgan fingerprint density at radius 2 is 1.70 bits per heavy atom. The number of aliphatic imine (C=N–C) groups is 1. The van der Waals surface area contributed by atoms with E-state index in [0.29, 0.717) is 0 Å². The van der Waals surface area contributed by atoms with Crippen LogP contribution in [-0.2, 0) is 14.2 Å². The normalized spacial score (nSPS) is 16.0. The van der Waals surface area contributed by atoms with Gasteiger partial charge in [0.1, 0.15) is 22.8 Å². The highest BCUT2D eigenvalue weighted by molar-refractivity contribution is 6.55. The number of esters is 3. The molecule has 0 saturated heterocycles. The fourth-order valence-electron chi connectivity index (χ4n) is 3.24. The van der Waals surface area contributed by atoms with E-state index < -0.39 is 23.7 Å². The number of methoxy groups -OCH3 is 3. The number of aromatic nitrogens is 2. The van der Waals surface area contributed by atoms with Gasteiger partial charge in [0.15, 0.2) is 0 Å². The third-order valence-electron chi connectivity index (χ3n) is 4.83. The summed E-state index contributed by atoms with van der Waals surface area (Å²) in [7, 11) is 3.58. The van der Waals surface area contributed by atoms with Gasteiger partial charge in [0.05, 0.1) is 44.2 Å². The molecule has 0 radical (unpaired) electrons. The van der Waals surface area contributed by atoms with Crippen molar-refractivity contribution in [3.05, 3.63) is 40.3 Å². The van der Waals surface area contributed by atoms with Gasteiger partial charge >= 0.3 is 17.9 Å². The molecule has 0 aromatic carbocycles. The maximum absolute atomic E-state index is 13.2. The summed E-state index contributed by atoms with van der Waals surface area (Å²) in [6.07, 6.45) is 1.64. The van der Waals surface area contributed by atoms with Crippen LogP contribution in [-0.4, -0.2) is 66.7 Å². The third-order valence-corrected chi connectivity index (χ3v) is 4.83. The molecule has 0 spiro atoms. The Kier molecular flexibility index (Phi) is 4.69. The molecule has 0 atom stereocenters. The summed E-state index contributed by atoms with van der Waals surface area (Å²) in [5.74, 6) is -2.69. The summed E-state index contributed by atoms with van der Waals surface area (Å²) in [5, 5.41) is 0. The van der Waals surface area contributed by atoms with Crippen LogP contribution in [0.1, 0.15) is 60.2 Å². The first-order chi connectivity index (χ1) is 14.4. The number of pyridine rings is 1. The van der Waals surface area contributed by atoms with Gasteiger partial charge in [0.25, 0.3) is 0 Å². The van der Waals surface area contributed by atoms with Crippen molar-refractivity contribution >= 4 is 29.4 Å². The molecule has 10 nitrogen and oxygen atoms in total. The average molecular weight is 411 g/mol. The molecule has 2 aromatic heterocycles. The van der Waals surface area contributed by atoms with E-state index in [-0.39, 0.29) is 51.2 Å². The minimum absolute atomic E-state index is 0.0154. The predicted octanol–water partition coefficient (Wildman–Crippen LogP) is 1.58. The summed E-state index contributed by atoms with van der Waals surface area (Å²) in [6, 6.07) is 2.54. The van der Waals surface area contributed by atoms with Crippen LogP contribution < -0.4 is 0 Å². The summed E-state index contributed by atoms with van der Waals surface area (Å²) >= 11 is 0. The molecule has 0 unspecified atom stereocenters. The van der Waals surface area contributed by atoms with E-state index in [1.165, 1.54) is 33.5 Å². The highest BCUT2D eigenvalue weighted by Gasteiger charge is 2.38. The molecule has 0 aliphatic heterocycles. The Labute approximate surface area is 170 Å². The highest BCUT2D eigenvalue weighted by atomic mass is 16.5. The average Bonchev–Trinajstić information content (AvgIpc) is 3.48. The molecule has 154 valence electrons. The van der Waals surface area contributed by atoms with E-state index in [9.17, 15) is 19.2 Å². The Morgan fingerprint density at radius 1 is 1.03 bits per heavy atom. The predicted molar refractivity (Wildman–Crippen MR) is 102 cm³/mol. The lowest BCUT2D eigenvalue weighted by Crippen LogP contribution is -2.27. The SMILES string of the molecule is COC(=O)c1cc(C(=O)OC)c2c(n1)C(=NC1CC1)C(=O)c1cc(C(=O)OC)[nH]c1-2. The van der Waals surface area contributed by atoms with Gasteiger partial charge in [-0.2, -0.15) is 0 Å². The fraction of sp³-hybridized carbons (Fsp3) is 0.300. The van der Waals surface area contributed by atoms with Gasteiger partial charge in [0, 0.05) is 5.56 Å². The van der Waals surface area contributed by atoms with Gasteiger partial charge in [-0.25, -0.2) is 19.4 Å². The second-order valence-corrected chi connectivity index (χ2v) is 6.76. The number of Topliss-reactive ketones (excluding diaryl/α,β-unsaturated/α-hetero) is 1. The molecule has 0 amide bonds. The first-order valence-electron chi connectivity index (χ1n) is 9.05. The van der Waals surface area contributed by atoms with Crippen LogP contribution in [0.4, 0.5) is 0 Å². The van der Waals surface area contributed by atoms with Crippen LogP contribution in [0.25, 0.3) is 11.3 Å². The van der Waals surface area contributed by atoms with E-state index >= 15 is 0 Å². The third kappa shape index (κ3) is 3.06. The number of carbonyl (C=O) groups is 4. The largest absolute Gasteiger partial charge is 0.465 e. The van der Waals surface area contributed by atoms with Crippen LogP contribution in [0.5, 0.6) is 0 Å². The molecular formula is C20H17N3O7. The van der Waals surface area contributed by atoms with Crippen molar-refractivity contribution in [2.75, 3.05) is 21.3 Å². The van der Waals surface area contributed by atoms with E-state index in [0.717, 1.165) is 12.8 Å². The van der Waals surface area contributed by atoms with E-state index in [2.05, 4.69) is 15.0 Å².